The zero-order valence-electron chi connectivity index (χ0n) is 15.7. The molecular formula is C20H24N6O. The second kappa shape index (κ2) is 8.93. The molecule has 0 unspecified atom stereocenters. The highest BCUT2D eigenvalue weighted by Gasteiger charge is 2.13. The standard InChI is InChI=1S/C20H24N6O/c1-3-26-14-10-18(24-26)20(27)23-15-16-7-6-12-22-19(16)25(2)13-9-17-8-4-5-11-21-17/h4-8,10-12,14H,3,9,13,15H2,1-2H3,(H,23,27). The third-order valence-corrected chi connectivity index (χ3v) is 4.30. The Bertz CT molecular complexity index is 877. The molecule has 27 heavy (non-hydrogen) atoms. The molecular weight excluding hydrogens is 340 g/mol. The van der Waals surface area contributed by atoms with Crippen molar-refractivity contribution in [1.82, 2.24) is 25.1 Å². The highest BCUT2D eigenvalue weighted by atomic mass is 16.1. The quantitative estimate of drug-likeness (QED) is 0.664. The van der Waals surface area contributed by atoms with E-state index in [1.165, 1.54) is 0 Å². The van der Waals surface area contributed by atoms with Crippen LogP contribution in [0.5, 0.6) is 0 Å². The first-order chi connectivity index (χ1) is 13.2. The van der Waals surface area contributed by atoms with Crippen LogP contribution >= 0.6 is 0 Å². The van der Waals surface area contributed by atoms with E-state index in [9.17, 15) is 4.79 Å². The van der Waals surface area contributed by atoms with Gasteiger partial charge in [0, 0.05) is 63.0 Å². The van der Waals surface area contributed by atoms with Crippen LogP contribution in [-0.4, -0.2) is 39.2 Å². The van der Waals surface area contributed by atoms with Gasteiger partial charge in [-0.25, -0.2) is 4.98 Å². The number of anilines is 1. The van der Waals surface area contributed by atoms with E-state index >= 15 is 0 Å². The van der Waals surface area contributed by atoms with Crippen molar-refractivity contribution in [2.75, 3.05) is 18.5 Å². The van der Waals surface area contributed by atoms with Crippen molar-refractivity contribution < 1.29 is 4.79 Å². The summed E-state index contributed by atoms with van der Waals surface area (Å²) in [4.78, 5) is 23.2. The Kier molecular flexibility index (Phi) is 6.14. The van der Waals surface area contributed by atoms with Gasteiger partial charge >= 0.3 is 0 Å². The number of nitrogens with zero attached hydrogens (tertiary/aromatic N) is 5. The summed E-state index contributed by atoms with van der Waals surface area (Å²) in [6.45, 7) is 3.91. The number of carbonyl (C=O) groups is 1. The summed E-state index contributed by atoms with van der Waals surface area (Å²) < 4.78 is 1.73. The zero-order chi connectivity index (χ0) is 19.1. The molecule has 3 aromatic heterocycles. The van der Waals surface area contributed by atoms with Crippen LogP contribution in [0.15, 0.2) is 55.0 Å². The highest BCUT2D eigenvalue weighted by Crippen LogP contribution is 2.16. The lowest BCUT2D eigenvalue weighted by Gasteiger charge is -2.21. The fourth-order valence-corrected chi connectivity index (χ4v) is 2.77. The van der Waals surface area contributed by atoms with Gasteiger partial charge in [0.15, 0.2) is 0 Å². The molecule has 0 saturated carbocycles. The molecule has 3 aromatic rings. The van der Waals surface area contributed by atoms with Gasteiger partial charge in [0.25, 0.3) is 5.91 Å². The first-order valence-electron chi connectivity index (χ1n) is 9.04. The van der Waals surface area contributed by atoms with Crippen LogP contribution in [0.1, 0.15) is 28.7 Å². The van der Waals surface area contributed by atoms with Crippen LogP contribution in [0.2, 0.25) is 0 Å². The topological polar surface area (TPSA) is 75.9 Å². The molecule has 1 amide bonds. The maximum Gasteiger partial charge on any atom is 0.272 e. The lowest BCUT2D eigenvalue weighted by Crippen LogP contribution is -2.27. The van der Waals surface area contributed by atoms with Gasteiger partial charge in [-0.3, -0.25) is 14.5 Å². The van der Waals surface area contributed by atoms with Crippen LogP contribution in [0.4, 0.5) is 5.82 Å². The molecule has 0 saturated heterocycles. The predicted molar refractivity (Wildman–Crippen MR) is 105 cm³/mol. The minimum absolute atomic E-state index is 0.187. The second-order valence-electron chi connectivity index (χ2n) is 6.22. The normalized spacial score (nSPS) is 10.6. The molecule has 0 bridgehead atoms. The van der Waals surface area contributed by atoms with Crippen LogP contribution in [-0.2, 0) is 19.5 Å². The van der Waals surface area contributed by atoms with E-state index in [0.717, 1.165) is 36.6 Å². The number of pyridine rings is 2. The van der Waals surface area contributed by atoms with Gasteiger partial charge < -0.3 is 10.2 Å². The first-order valence-corrected chi connectivity index (χ1v) is 9.04. The maximum absolute atomic E-state index is 12.3. The lowest BCUT2D eigenvalue weighted by molar-refractivity contribution is 0.0945. The number of likely N-dealkylation sites (N-methyl/N-ethyl adjacent to an activating group) is 1. The summed E-state index contributed by atoms with van der Waals surface area (Å²) in [6.07, 6.45) is 6.20. The van der Waals surface area contributed by atoms with Crippen LogP contribution in [0.25, 0.3) is 0 Å². The molecule has 140 valence electrons. The van der Waals surface area contributed by atoms with E-state index < -0.39 is 0 Å². The molecule has 0 aliphatic carbocycles. The fourth-order valence-electron chi connectivity index (χ4n) is 2.77. The number of nitrogens with one attached hydrogen (secondary N) is 1. The third-order valence-electron chi connectivity index (χ3n) is 4.30. The van der Waals surface area contributed by atoms with Gasteiger partial charge in [-0.2, -0.15) is 5.10 Å². The van der Waals surface area contributed by atoms with Gasteiger partial charge in [-0.1, -0.05) is 12.1 Å². The Morgan fingerprint density at radius 2 is 2.00 bits per heavy atom. The molecule has 0 spiro atoms. The lowest BCUT2D eigenvalue weighted by atomic mass is 10.2. The van der Waals surface area contributed by atoms with Crippen molar-refractivity contribution >= 4 is 11.7 Å². The summed E-state index contributed by atoms with van der Waals surface area (Å²) in [6, 6.07) is 11.5. The van der Waals surface area contributed by atoms with Crippen molar-refractivity contribution in [2.24, 2.45) is 0 Å². The Morgan fingerprint density at radius 3 is 2.74 bits per heavy atom. The third kappa shape index (κ3) is 4.91. The number of hydrogen-bond acceptors (Lipinski definition) is 5. The molecule has 0 fully saturated rings. The number of carbonyl (C=O) groups excluding carboxylic acids is 1. The average molecular weight is 364 g/mol. The number of rotatable bonds is 8. The second-order valence-corrected chi connectivity index (χ2v) is 6.22. The molecule has 0 aromatic carbocycles. The van der Waals surface area contributed by atoms with Gasteiger partial charge in [-0.15, -0.1) is 0 Å². The van der Waals surface area contributed by atoms with Crippen LogP contribution in [0, 0.1) is 0 Å². The average Bonchev–Trinajstić information content (AvgIpc) is 3.20. The number of aryl methyl sites for hydroxylation is 1. The van der Waals surface area contributed by atoms with Gasteiger partial charge in [0.05, 0.1) is 0 Å². The predicted octanol–water partition coefficient (Wildman–Crippen LogP) is 2.30. The van der Waals surface area contributed by atoms with Gasteiger partial charge in [0.2, 0.25) is 0 Å². The molecule has 0 atom stereocenters. The summed E-state index contributed by atoms with van der Waals surface area (Å²) in [5.41, 5.74) is 2.43. The minimum atomic E-state index is -0.187. The number of hydrogen-bond donors (Lipinski definition) is 1. The van der Waals surface area contributed by atoms with Crippen molar-refractivity contribution in [3.8, 4) is 0 Å². The van der Waals surface area contributed by atoms with Crippen molar-refractivity contribution in [3.63, 3.8) is 0 Å². The van der Waals surface area contributed by atoms with Crippen LogP contribution < -0.4 is 10.2 Å². The van der Waals surface area contributed by atoms with Gasteiger partial charge in [-0.05, 0) is 31.2 Å². The van der Waals surface area contributed by atoms with Crippen molar-refractivity contribution in [3.05, 3.63) is 71.9 Å². The molecule has 0 aliphatic heterocycles. The zero-order valence-corrected chi connectivity index (χ0v) is 15.7. The van der Waals surface area contributed by atoms with Crippen LogP contribution in [0.3, 0.4) is 0 Å². The molecule has 7 heteroatoms. The van der Waals surface area contributed by atoms with Crippen molar-refractivity contribution in [1.29, 1.82) is 0 Å². The largest absolute Gasteiger partial charge is 0.359 e. The highest BCUT2D eigenvalue weighted by molar-refractivity contribution is 5.92. The molecule has 7 nitrogen and oxygen atoms in total. The Hall–Kier alpha value is -3.22. The molecule has 1 N–H and O–H groups in total. The van der Waals surface area contributed by atoms with Crippen molar-refractivity contribution in [2.45, 2.75) is 26.4 Å². The summed E-state index contributed by atoms with van der Waals surface area (Å²) in [5, 5.41) is 7.16. The number of amides is 1. The first kappa shape index (κ1) is 18.6. The van der Waals surface area contributed by atoms with E-state index in [2.05, 4.69) is 25.3 Å². The molecule has 3 rings (SSSR count). The monoisotopic (exact) mass is 364 g/mol. The van der Waals surface area contributed by atoms with E-state index in [1.54, 1.807) is 29.3 Å². The Labute approximate surface area is 159 Å². The maximum atomic E-state index is 12.3. The summed E-state index contributed by atoms with van der Waals surface area (Å²) >= 11 is 0. The Balaban J connectivity index is 1.62. The fraction of sp³-hybridized carbons (Fsp3) is 0.300. The number of aromatic nitrogens is 4. The Morgan fingerprint density at radius 1 is 1.15 bits per heavy atom. The molecule has 0 radical (unpaired) electrons. The van der Waals surface area contributed by atoms with E-state index in [-0.39, 0.29) is 5.91 Å². The van der Waals surface area contributed by atoms with E-state index in [4.69, 9.17) is 0 Å². The van der Waals surface area contributed by atoms with E-state index in [1.807, 2.05) is 44.3 Å². The van der Waals surface area contributed by atoms with E-state index in [0.29, 0.717) is 12.2 Å². The molecule has 0 aliphatic rings. The minimum Gasteiger partial charge on any atom is -0.359 e. The SMILES string of the molecule is CCn1ccc(C(=O)NCc2cccnc2N(C)CCc2ccccn2)n1. The van der Waals surface area contributed by atoms with Gasteiger partial charge in [0.1, 0.15) is 11.5 Å². The summed E-state index contributed by atoms with van der Waals surface area (Å²) in [7, 11) is 2.00. The summed E-state index contributed by atoms with van der Waals surface area (Å²) in [5.74, 6) is 0.668. The molecule has 3 heterocycles. The smallest absolute Gasteiger partial charge is 0.272 e.